The third-order valence-electron chi connectivity index (χ3n) is 11.8. The van der Waals surface area contributed by atoms with Gasteiger partial charge in [0.05, 0.1) is 0 Å². The molecular weight excluding hydrogens is 775 g/mol. The molecule has 12 aromatic rings. The summed E-state index contributed by atoms with van der Waals surface area (Å²) in [5, 5.41) is 4.43. The van der Waals surface area contributed by atoms with Crippen molar-refractivity contribution in [2.45, 2.75) is 0 Å². The molecule has 9 aromatic carbocycles. The van der Waals surface area contributed by atoms with E-state index < -0.39 is 0 Å². The van der Waals surface area contributed by atoms with Crippen LogP contribution >= 0.6 is 11.3 Å². The SMILES string of the molecule is c1ccc(-c2ccc(-c3cccc(-c4ccc(-c5nc(-c6cccc7c6sc6ccc(-c8ccccc8)cc67)nc(-c6cccc7oc8ccccc8c67)n5)cc4)c3)cc2)cc1. The number of rotatable bonds is 7. The van der Waals surface area contributed by atoms with Gasteiger partial charge in [0.2, 0.25) is 0 Å². The van der Waals surface area contributed by atoms with E-state index in [1.807, 2.05) is 36.4 Å². The van der Waals surface area contributed by atoms with Gasteiger partial charge in [0.25, 0.3) is 0 Å². The van der Waals surface area contributed by atoms with Crippen LogP contribution in [-0.4, -0.2) is 15.0 Å². The molecule has 0 N–H and O–H groups in total. The molecule has 0 aliphatic rings. The Labute approximate surface area is 362 Å². The van der Waals surface area contributed by atoms with Crippen LogP contribution in [-0.2, 0) is 0 Å². The Morgan fingerprint density at radius 1 is 0.306 bits per heavy atom. The summed E-state index contributed by atoms with van der Waals surface area (Å²) in [7, 11) is 0. The Bertz CT molecular complexity index is 3610. The van der Waals surface area contributed by atoms with E-state index in [0.717, 1.165) is 54.5 Å². The summed E-state index contributed by atoms with van der Waals surface area (Å²) in [5.41, 5.74) is 13.8. The Hall–Kier alpha value is -7.99. The van der Waals surface area contributed by atoms with Crippen LogP contribution in [0.15, 0.2) is 217 Å². The van der Waals surface area contributed by atoms with Crippen molar-refractivity contribution >= 4 is 53.4 Å². The summed E-state index contributed by atoms with van der Waals surface area (Å²) in [4.78, 5) is 15.8. The van der Waals surface area contributed by atoms with E-state index >= 15 is 0 Å². The highest BCUT2D eigenvalue weighted by Crippen LogP contribution is 2.42. The van der Waals surface area contributed by atoms with Crippen LogP contribution in [0, 0.1) is 0 Å². The van der Waals surface area contributed by atoms with Gasteiger partial charge in [0.1, 0.15) is 11.2 Å². The maximum absolute atomic E-state index is 6.32. The molecule has 4 nitrogen and oxygen atoms in total. The summed E-state index contributed by atoms with van der Waals surface area (Å²) in [6, 6.07) is 74.6. The largest absolute Gasteiger partial charge is 0.456 e. The topological polar surface area (TPSA) is 51.8 Å². The molecule has 290 valence electrons. The summed E-state index contributed by atoms with van der Waals surface area (Å²) in [5.74, 6) is 1.84. The lowest BCUT2D eigenvalue weighted by Gasteiger charge is -2.11. The van der Waals surface area contributed by atoms with Gasteiger partial charge in [0, 0.05) is 47.6 Å². The maximum Gasteiger partial charge on any atom is 0.165 e. The van der Waals surface area contributed by atoms with Crippen LogP contribution in [0.25, 0.3) is 121 Å². The standard InChI is InChI=1S/C57H35N3OS/c1-3-12-36(13-4-1)38-24-26-39(27-25-38)42-16-9-17-43(34-42)40-28-30-41(31-29-40)55-58-56(47-20-11-23-51-53(47)46-18-7-8-22-50(46)61-51)60-57(59-55)48-21-10-19-45-49-35-44(37-14-5-2-6-15-37)32-33-52(49)62-54(45)48/h1-35H. The summed E-state index contributed by atoms with van der Waals surface area (Å²) >= 11 is 1.78. The number of para-hydroxylation sites is 1. The molecule has 0 bridgehead atoms. The predicted octanol–water partition coefficient (Wildman–Crippen LogP) is 15.8. The number of nitrogens with zero attached hydrogens (tertiary/aromatic N) is 3. The van der Waals surface area contributed by atoms with Crippen LogP contribution < -0.4 is 0 Å². The van der Waals surface area contributed by atoms with E-state index in [0.29, 0.717) is 17.5 Å². The minimum atomic E-state index is 0.599. The molecule has 0 radical (unpaired) electrons. The average Bonchev–Trinajstić information content (AvgIpc) is 3.93. The van der Waals surface area contributed by atoms with Crippen molar-refractivity contribution in [2.75, 3.05) is 0 Å². The highest BCUT2D eigenvalue weighted by molar-refractivity contribution is 7.26. The zero-order chi connectivity index (χ0) is 41.0. The van der Waals surface area contributed by atoms with E-state index in [-0.39, 0.29) is 0 Å². The zero-order valence-electron chi connectivity index (χ0n) is 33.4. The number of fused-ring (bicyclic) bond motifs is 6. The molecule has 0 spiro atoms. The molecule has 0 fully saturated rings. The Kier molecular flexibility index (Phi) is 8.65. The monoisotopic (exact) mass is 809 g/mol. The van der Waals surface area contributed by atoms with Gasteiger partial charge in [-0.25, -0.2) is 15.0 Å². The van der Waals surface area contributed by atoms with Crippen LogP contribution in [0.3, 0.4) is 0 Å². The average molecular weight is 810 g/mol. The van der Waals surface area contributed by atoms with Crippen LogP contribution in [0.4, 0.5) is 0 Å². The Morgan fingerprint density at radius 3 is 1.50 bits per heavy atom. The Morgan fingerprint density at radius 2 is 0.774 bits per heavy atom. The molecule has 0 aliphatic carbocycles. The third kappa shape index (κ3) is 6.35. The van der Waals surface area contributed by atoms with Gasteiger partial charge in [-0.05, 0) is 80.9 Å². The van der Waals surface area contributed by atoms with Crippen molar-refractivity contribution in [3.63, 3.8) is 0 Å². The van der Waals surface area contributed by atoms with E-state index in [4.69, 9.17) is 19.4 Å². The molecule has 5 heteroatoms. The molecular formula is C57H35N3OS. The second-order valence-electron chi connectivity index (χ2n) is 15.5. The van der Waals surface area contributed by atoms with E-state index in [1.165, 1.54) is 48.9 Å². The van der Waals surface area contributed by atoms with E-state index in [2.05, 4.69) is 176 Å². The van der Waals surface area contributed by atoms with Gasteiger partial charge >= 0.3 is 0 Å². The number of thiophene rings is 1. The van der Waals surface area contributed by atoms with Gasteiger partial charge in [-0.1, -0.05) is 176 Å². The summed E-state index contributed by atoms with van der Waals surface area (Å²) < 4.78 is 8.69. The first kappa shape index (κ1) is 35.9. The van der Waals surface area contributed by atoms with Crippen LogP contribution in [0.5, 0.6) is 0 Å². The molecule has 0 amide bonds. The Balaban J connectivity index is 0.967. The third-order valence-corrected chi connectivity index (χ3v) is 13.0. The number of furan rings is 1. The zero-order valence-corrected chi connectivity index (χ0v) is 34.2. The lowest BCUT2D eigenvalue weighted by atomic mass is 9.97. The first-order chi connectivity index (χ1) is 30.7. The second kappa shape index (κ2) is 14.9. The molecule has 0 unspecified atom stereocenters. The number of aromatic nitrogens is 3. The van der Waals surface area contributed by atoms with Crippen molar-refractivity contribution in [3.8, 4) is 78.7 Å². The van der Waals surface area contributed by atoms with Gasteiger partial charge in [-0.3, -0.25) is 0 Å². The fraction of sp³-hybridized carbons (Fsp3) is 0. The molecule has 3 heterocycles. The first-order valence-corrected chi connectivity index (χ1v) is 21.6. The predicted molar refractivity (Wildman–Crippen MR) is 258 cm³/mol. The number of hydrogen-bond acceptors (Lipinski definition) is 5. The first-order valence-electron chi connectivity index (χ1n) is 20.7. The minimum absolute atomic E-state index is 0.599. The molecule has 0 atom stereocenters. The van der Waals surface area contributed by atoms with Gasteiger partial charge < -0.3 is 4.42 Å². The van der Waals surface area contributed by atoms with Crippen molar-refractivity contribution in [1.82, 2.24) is 15.0 Å². The fourth-order valence-corrected chi connectivity index (χ4v) is 9.86. The van der Waals surface area contributed by atoms with E-state index in [1.54, 1.807) is 11.3 Å². The highest BCUT2D eigenvalue weighted by Gasteiger charge is 2.20. The lowest BCUT2D eigenvalue weighted by Crippen LogP contribution is -2.00. The van der Waals surface area contributed by atoms with Gasteiger partial charge in [-0.2, -0.15) is 0 Å². The summed E-state index contributed by atoms with van der Waals surface area (Å²) in [6.07, 6.45) is 0. The highest BCUT2D eigenvalue weighted by atomic mass is 32.1. The number of hydrogen-bond donors (Lipinski definition) is 0. The van der Waals surface area contributed by atoms with Crippen LogP contribution in [0.2, 0.25) is 0 Å². The second-order valence-corrected chi connectivity index (χ2v) is 16.6. The lowest BCUT2D eigenvalue weighted by molar-refractivity contribution is 0.669. The van der Waals surface area contributed by atoms with E-state index in [9.17, 15) is 0 Å². The van der Waals surface area contributed by atoms with Crippen molar-refractivity contribution < 1.29 is 4.42 Å². The molecule has 0 saturated carbocycles. The van der Waals surface area contributed by atoms with Crippen molar-refractivity contribution in [2.24, 2.45) is 0 Å². The quantitative estimate of drug-likeness (QED) is 0.161. The smallest absolute Gasteiger partial charge is 0.165 e. The number of benzene rings is 9. The molecule has 62 heavy (non-hydrogen) atoms. The molecule has 0 saturated heterocycles. The molecule has 0 aliphatic heterocycles. The van der Waals surface area contributed by atoms with Crippen LogP contribution in [0.1, 0.15) is 0 Å². The maximum atomic E-state index is 6.32. The van der Waals surface area contributed by atoms with Gasteiger partial charge in [-0.15, -0.1) is 11.3 Å². The molecule has 3 aromatic heterocycles. The fourth-order valence-electron chi connectivity index (χ4n) is 8.67. The minimum Gasteiger partial charge on any atom is -0.456 e. The normalized spacial score (nSPS) is 11.5. The van der Waals surface area contributed by atoms with Crippen molar-refractivity contribution in [1.29, 1.82) is 0 Å². The molecule has 12 rings (SSSR count). The summed E-state index contributed by atoms with van der Waals surface area (Å²) in [6.45, 7) is 0. The van der Waals surface area contributed by atoms with Crippen molar-refractivity contribution in [3.05, 3.63) is 212 Å². The van der Waals surface area contributed by atoms with Gasteiger partial charge in [0.15, 0.2) is 17.5 Å².